The van der Waals surface area contributed by atoms with E-state index in [-0.39, 0.29) is 5.82 Å². The Morgan fingerprint density at radius 3 is 2.75 bits per heavy atom. The molecule has 2 aromatic carbocycles. The average molecular weight is 269 g/mol. The number of imidazole rings is 1. The third-order valence-corrected chi connectivity index (χ3v) is 3.36. The van der Waals surface area contributed by atoms with Crippen LogP contribution < -0.4 is 5.73 Å². The van der Waals surface area contributed by atoms with E-state index >= 15 is 0 Å². The van der Waals surface area contributed by atoms with E-state index in [1.165, 1.54) is 12.1 Å². The van der Waals surface area contributed by atoms with Gasteiger partial charge in [-0.1, -0.05) is 19.1 Å². The number of para-hydroxylation sites is 2. The molecule has 1 heterocycles. The van der Waals surface area contributed by atoms with Crippen LogP contribution in [-0.4, -0.2) is 9.55 Å². The largest absolute Gasteiger partial charge is 0.398 e. The van der Waals surface area contributed by atoms with Gasteiger partial charge in [-0.2, -0.15) is 0 Å². The molecule has 0 unspecified atom stereocenters. The highest BCUT2D eigenvalue weighted by Gasteiger charge is 2.14. The lowest BCUT2D eigenvalue weighted by atomic mass is 10.1. The summed E-state index contributed by atoms with van der Waals surface area (Å²) >= 11 is 0. The molecule has 0 radical (unpaired) electrons. The van der Waals surface area contributed by atoms with Crippen LogP contribution in [0.15, 0.2) is 42.5 Å². The molecule has 0 aliphatic rings. The Kier molecular flexibility index (Phi) is 3.14. The number of halogens is 1. The van der Waals surface area contributed by atoms with Crippen molar-refractivity contribution >= 4 is 16.7 Å². The summed E-state index contributed by atoms with van der Waals surface area (Å²) in [5, 5.41) is 0. The molecule has 3 rings (SSSR count). The molecule has 0 aliphatic heterocycles. The lowest BCUT2D eigenvalue weighted by Gasteiger charge is -2.09. The summed E-state index contributed by atoms with van der Waals surface area (Å²) < 4.78 is 15.3. The average Bonchev–Trinajstić information content (AvgIpc) is 2.78. The van der Waals surface area contributed by atoms with Crippen LogP contribution in [0.25, 0.3) is 22.4 Å². The van der Waals surface area contributed by atoms with Crippen LogP contribution in [0.4, 0.5) is 10.1 Å². The Hall–Kier alpha value is -2.36. The van der Waals surface area contributed by atoms with E-state index in [0.29, 0.717) is 5.69 Å². The molecule has 3 aromatic rings. The number of hydrogen-bond acceptors (Lipinski definition) is 2. The molecule has 1 aromatic heterocycles. The third kappa shape index (κ3) is 2.03. The number of benzene rings is 2. The lowest BCUT2D eigenvalue weighted by molar-refractivity contribution is 0.628. The van der Waals surface area contributed by atoms with Crippen molar-refractivity contribution in [3.05, 3.63) is 48.3 Å². The summed E-state index contributed by atoms with van der Waals surface area (Å²) in [7, 11) is 0. The van der Waals surface area contributed by atoms with Crippen LogP contribution in [0, 0.1) is 5.82 Å². The molecule has 20 heavy (non-hydrogen) atoms. The molecule has 0 bridgehead atoms. The van der Waals surface area contributed by atoms with Crippen molar-refractivity contribution in [1.29, 1.82) is 0 Å². The van der Waals surface area contributed by atoms with E-state index in [1.54, 1.807) is 6.07 Å². The number of aromatic nitrogens is 2. The summed E-state index contributed by atoms with van der Waals surface area (Å²) in [5.41, 5.74) is 9.14. The van der Waals surface area contributed by atoms with Gasteiger partial charge in [0.25, 0.3) is 0 Å². The van der Waals surface area contributed by atoms with Crippen molar-refractivity contribution in [3.8, 4) is 11.4 Å². The number of aryl methyl sites for hydroxylation is 1. The van der Waals surface area contributed by atoms with Gasteiger partial charge in [-0.25, -0.2) is 9.37 Å². The van der Waals surface area contributed by atoms with E-state index in [9.17, 15) is 4.39 Å². The second-order valence-electron chi connectivity index (χ2n) is 4.81. The van der Waals surface area contributed by atoms with Crippen molar-refractivity contribution in [2.45, 2.75) is 19.9 Å². The predicted octanol–water partition coefficient (Wildman–Crippen LogP) is 3.83. The lowest BCUT2D eigenvalue weighted by Crippen LogP contribution is -2.02. The molecule has 0 spiro atoms. The van der Waals surface area contributed by atoms with Crippen molar-refractivity contribution in [1.82, 2.24) is 9.55 Å². The van der Waals surface area contributed by atoms with Gasteiger partial charge >= 0.3 is 0 Å². The molecule has 0 aliphatic carbocycles. The molecular formula is C16H16FN3. The summed E-state index contributed by atoms with van der Waals surface area (Å²) in [6, 6.07) is 12.4. The molecule has 0 saturated carbocycles. The first-order valence-corrected chi connectivity index (χ1v) is 6.71. The summed E-state index contributed by atoms with van der Waals surface area (Å²) in [6.07, 6.45) is 0.994. The van der Waals surface area contributed by atoms with E-state index in [4.69, 9.17) is 5.73 Å². The highest BCUT2D eigenvalue weighted by atomic mass is 19.1. The first-order chi connectivity index (χ1) is 9.70. The normalized spacial score (nSPS) is 11.1. The van der Waals surface area contributed by atoms with Crippen molar-refractivity contribution in [2.24, 2.45) is 0 Å². The molecule has 0 amide bonds. The molecule has 0 fully saturated rings. The van der Waals surface area contributed by atoms with Crippen LogP contribution in [-0.2, 0) is 6.54 Å². The molecule has 4 heteroatoms. The maximum absolute atomic E-state index is 13.2. The Labute approximate surface area is 116 Å². The van der Waals surface area contributed by atoms with Gasteiger partial charge in [0.1, 0.15) is 11.6 Å². The van der Waals surface area contributed by atoms with Crippen LogP contribution in [0.2, 0.25) is 0 Å². The van der Waals surface area contributed by atoms with Gasteiger partial charge in [-0.05, 0) is 36.8 Å². The summed E-state index contributed by atoms with van der Waals surface area (Å²) in [6.45, 7) is 2.97. The Bertz CT molecular complexity index is 762. The number of nitrogens with two attached hydrogens (primary N) is 1. The van der Waals surface area contributed by atoms with Crippen LogP contribution in [0.1, 0.15) is 13.3 Å². The van der Waals surface area contributed by atoms with Crippen LogP contribution in [0.5, 0.6) is 0 Å². The number of hydrogen-bond donors (Lipinski definition) is 1. The Morgan fingerprint density at radius 1 is 1.20 bits per heavy atom. The quantitative estimate of drug-likeness (QED) is 0.734. The Morgan fingerprint density at radius 2 is 2.00 bits per heavy atom. The zero-order valence-corrected chi connectivity index (χ0v) is 11.3. The minimum atomic E-state index is -0.329. The molecule has 3 nitrogen and oxygen atoms in total. The molecular weight excluding hydrogens is 253 g/mol. The number of rotatable bonds is 3. The van der Waals surface area contributed by atoms with Gasteiger partial charge in [0, 0.05) is 17.8 Å². The standard InChI is InChI=1S/C16H16FN3/c1-2-9-20-15-6-4-3-5-14(15)19-16(20)12-8-7-11(17)10-13(12)18/h3-8,10H,2,9,18H2,1H3. The fourth-order valence-corrected chi connectivity index (χ4v) is 2.47. The van der Waals surface area contributed by atoms with Gasteiger partial charge in [-0.15, -0.1) is 0 Å². The van der Waals surface area contributed by atoms with Gasteiger partial charge in [0.15, 0.2) is 0 Å². The SMILES string of the molecule is CCCn1c(-c2ccc(F)cc2N)nc2ccccc21. The van der Waals surface area contributed by atoms with Gasteiger partial charge in [0.2, 0.25) is 0 Å². The van der Waals surface area contributed by atoms with Crippen LogP contribution in [0.3, 0.4) is 0 Å². The first kappa shape index (κ1) is 12.7. The second kappa shape index (κ2) is 4.96. The van der Waals surface area contributed by atoms with Crippen molar-refractivity contribution < 1.29 is 4.39 Å². The highest BCUT2D eigenvalue weighted by Crippen LogP contribution is 2.29. The zero-order valence-electron chi connectivity index (χ0n) is 11.3. The maximum atomic E-state index is 13.2. The number of fused-ring (bicyclic) bond motifs is 1. The van der Waals surface area contributed by atoms with Gasteiger partial charge in [-0.3, -0.25) is 0 Å². The maximum Gasteiger partial charge on any atom is 0.143 e. The fourth-order valence-electron chi connectivity index (χ4n) is 2.47. The minimum Gasteiger partial charge on any atom is -0.398 e. The predicted molar refractivity (Wildman–Crippen MR) is 79.8 cm³/mol. The summed E-state index contributed by atoms with van der Waals surface area (Å²) in [4.78, 5) is 4.65. The van der Waals surface area contributed by atoms with Crippen molar-refractivity contribution in [3.63, 3.8) is 0 Å². The van der Waals surface area contributed by atoms with Gasteiger partial charge < -0.3 is 10.3 Å². The first-order valence-electron chi connectivity index (χ1n) is 6.71. The number of anilines is 1. The molecule has 2 N–H and O–H groups in total. The summed E-state index contributed by atoms with van der Waals surface area (Å²) in [5.74, 6) is 0.468. The number of nitrogen functional groups attached to an aromatic ring is 1. The van der Waals surface area contributed by atoms with E-state index in [1.807, 2.05) is 24.3 Å². The third-order valence-electron chi connectivity index (χ3n) is 3.36. The van der Waals surface area contributed by atoms with Gasteiger partial charge in [0.05, 0.1) is 11.0 Å². The van der Waals surface area contributed by atoms with E-state index in [2.05, 4.69) is 16.5 Å². The smallest absolute Gasteiger partial charge is 0.143 e. The van der Waals surface area contributed by atoms with E-state index in [0.717, 1.165) is 35.4 Å². The second-order valence-corrected chi connectivity index (χ2v) is 4.81. The monoisotopic (exact) mass is 269 g/mol. The fraction of sp³-hybridized carbons (Fsp3) is 0.188. The highest BCUT2D eigenvalue weighted by molar-refractivity contribution is 5.83. The Balaban J connectivity index is 2.26. The number of nitrogens with zero attached hydrogens (tertiary/aromatic N) is 2. The van der Waals surface area contributed by atoms with E-state index < -0.39 is 0 Å². The molecule has 0 atom stereocenters. The van der Waals surface area contributed by atoms with Crippen molar-refractivity contribution in [2.75, 3.05) is 5.73 Å². The molecule has 102 valence electrons. The van der Waals surface area contributed by atoms with Crippen LogP contribution >= 0.6 is 0 Å². The minimum absolute atomic E-state index is 0.329. The zero-order chi connectivity index (χ0) is 14.1. The topological polar surface area (TPSA) is 43.8 Å². The molecule has 0 saturated heterocycles.